The number of hydrogen-bond acceptors (Lipinski definition) is 2. The first-order valence-corrected chi connectivity index (χ1v) is 4.10. The monoisotopic (exact) mass is 184 g/mol. The Balaban J connectivity index is 3.69. The zero-order chi connectivity index (χ0) is 7.28. The zero-order valence-electron chi connectivity index (χ0n) is 4.86. The lowest BCUT2D eigenvalue weighted by atomic mass is 10.7. The summed E-state index contributed by atoms with van der Waals surface area (Å²) in [6.45, 7) is 1.94. The van der Waals surface area contributed by atoms with Gasteiger partial charge in [0.1, 0.15) is 0 Å². The van der Waals surface area contributed by atoms with Crippen LogP contribution >= 0.6 is 35.0 Å². The maximum atomic E-state index is 10.1. The maximum Gasteiger partial charge on any atom is 0.247 e. The highest BCUT2D eigenvalue weighted by atomic mass is 35.5. The van der Waals surface area contributed by atoms with E-state index in [9.17, 15) is 4.79 Å². The summed E-state index contributed by atoms with van der Waals surface area (Å²) in [4.78, 5) is 10.1. The van der Waals surface area contributed by atoms with Crippen LogP contribution in [0.5, 0.6) is 0 Å². The molecule has 0 N–H and O–H groups in total. The molecular formula is C5H6Cl2OS. The standard InChI is InChI=1S/C5H6Cl2OS/c1-2-9-5(7)3-4(6)8/h3H,2H2,1H3/b5-3+. The summed E-state index contributed by atoms with van der Waals surface area (Å²) in [7, 11) is 0. The van der Waals surface area contributed by atoms with E-state index in [0.29, 0.717) is 4.36 Å². The molecule has 0 atom stereocenters. The van der Waals surface area contributed by atoms with E-state index in [4.69, 9.17) is 23.2 Å². The van der Waals surface area contributed by atoms with Crippen molar-refractivity contribution in [2.45, 2.75) is 6.92 Å². The van der Waals surface area contributed by atoms with Crippen molar-refractivity contribution in [3.05, 3.63) is 10.4 Å². The summed E-state index contributed by atoms with van der Waals surface area (Å²) in [5.41, 5.74) is 0. The van der Waals surface area contributed by atoms with Crippen molar-refractivity contribution in [3.63, 3.8) is 0 Å². The van der Waals surface area contributed by atoms with Crippen molar-refractivity contribution in [2.24, 2.45) is 0 Å². The predicted molar refractivity (Wildman–Crippen MR) is 42.9 cm³/mol. The van der Waals surface area contributed by atoms with Gasteiger partial charge >= 0.3 is 0 Å². The second-order valence-corrected chi connectivity index (χ2v) is 3.50. The molecule has 52 valence electrons. The number of halogens is 2. The van der Waals surface area contributed by atoms with E-state index < -0.39 is 5.24 Å². The number of hydrogen-bond donors (Lipinski definition) is 0. The van der Waals surface area contributed by atoms with Crippen molar-refractivity contribution in [3.8, 4) is 0 Å². The third-order valence-corrected chi connectivity index (χ3v) is 1.74. The van der Waals surface area contributed by atoms with Crippen LogP contribution in [-0.2, 0) is 4.79 Å². The Morgan fingerprint density at radius 2 is 2.22 bits per heavy atom. The first-order valence-electron chi connectivity index (χ1n) is 2.36. The second-order valence-electron chi connectivity index (χ2n) is 1.19. The molecule has 9 heavy (non-hydrogen) atoms. The van der Waals surface area contributed by atoms with Gasteiger partial charge in [-0.3, -0.25) is 4.79 Å². The maximum absolute atomic E-state index is 10.1. The second kappa shape index (κ2) is 5.15. The van der Waals surface area contributed by atoms with Gasteiger partial charge in [-0.05, 0) is 17.4 Å². The summed E-state index contributed by atoms with van der Waals surface area (Å²) in [5, 5.41) is -0.527. The minimum atomic E-state index is -0.527. The molecule has 0 saturated carbocycles. The van der Waals surface area contributed by atoms with E-state index in [1.807, 2.05) is 6.92 Å². The van der Waals surface area contributed by atoms with Gasteiger partial charge in [-0.2, -0.15) is 0 Å². The van der Waals surface area contributed by atoms with Crippen LogP contribution in [0, 0.1) is 0 Å². The number of rotatable bonds is 3. The normalized spacial score (nSPS) is 11.7. The van der Waals surface area contributed by atoms with E-state index in [0.717, 1.165) is 5.75 Å². The smallest absolute Gasteiger partial charge is 0.247 e. The highest BCUT2D eigenvalue weighted by Crippen LogP contribution is 2.18. The molecule has 0 aromatic carbocycles. The van der Waals surface area contributed by atoms with Gasteiger partial charge in [0, 0.05) is 6.08 Å². The predicted octanol–water partition coefficient (Wildman–Crippen LogP) is 2.59. The fraction of sp³-hybridized carbons (Fsp3) is 0.400. The van der Waals surface area contributed by atoms with Crippen molar-refractivity contribution in [1.82, 2.24) is 0 Å². The van der Waals surface area contributed by atoms with Gasteiger partial charge in [-0.15, -0.1) is 11.8 Å². The Morgan fingerprint density at radius 3 is 2.56 bits per heavy atom. The van der Waals surface area contributed by atoms with Gasteiger partial charge in [0.2, 0.25) is 5.24 Å². The molecule has 0 amide bonds. The molecule has 4 heteroatoms. The molecule has 0 spiro atoms. The molecule has 0 heterocycles. The van der Waals surface area contributed by atoms with E-state index in [1.165, 1.54) is 17.8 Å². The van der Waals surface area contributed by atoms with Crippen LogP contribution < -0.4 is 0 Å². The Labute approximate surface area is 68.4 Å². The molecule has 1 nitrogen and oxygen atoms in total. The first-order chi connectivity index (χ1) is 4.16. The van der Waals surface area contributed by atoms with Crippen LogP contribution in [0.1, 0.15) is 6.92 Å². The van der Waals surface area contributed by atoms with Crippen LogP contribution in [0.3, 0.4) is 0 Å². The van der Waals surface area contributed by atoms with Gasteiger partial charge in [0.15, 0.2) is 0 Å². The SMILES string of the molecule is CCS/C(Cl)=C/C(=O)Cl. The van der Waals surface area contributed by atoms with E-state index in [1.54, 1.807) is 0 Å². The lowest BCUT2D eigenvalue weighted by Crippen LogP contribution is -1.76. The highest BCUT2D eigenvalue weighted by Gasteiger charge is 1.93. The molecule has 0 aliphatic heterocycles. The number of thioether (sulfide) groups is 1. The molecule has 0 aromatic heterocycles. The summed E-state index contributed by atoms with van der Waals surface area (Å²) < 4.78 is 0.442. The van der Waals surface area contributed by atoms with E-state index in [2.05, 4.69) is 0 Å². The lowest BCUT2D eigenvalue weighted by Gasteiger charge is -1.89. The van der Waals surface area contributed by atoms with Gasteiger partial charge in [-0.1, -0.05) is 18.5 Å². The Morgan fingerprint density at radius 1 is 1.67 bits per heavy atom. The molecule has 0 aliphatic carbocycles. The summed E-state index contributed by atoms with van der Waals surface area (Å²) in [5.74, 6) is 0.847. The van der Waals surface area contributed by atoms with Crippen molar-refractivity contribution in [1.29, 1.82) is 0 Å². The third-order valence-electron chi connectivity index (χ3n) is 0.509. The fourth-order valence-electron chi connectivity index (χ4n) is 0.269. The molecule has 0 radical (unpaired) electrons. The topological polar surface area (TPSA) is 17.1 Å². The number of carbonyl (C=O) groups is 1. The van der Waals surface area contributed by atoms with Crippen LogP contribution in [0.25, 0.3) is 0 Å². The molecule has 0 aromatic rings. The fourth-order valence-corrected chi connectivity index (χ4v) is 1.39. The molecular weight excluding hydrogens is 179 g/mol. The molecule has 0 fully saturated rings. The average Bonchev–Trinajstić information content (AvgIpc) is 1.63. The van der Waals surface area contributed by atoms with Crippen molar-refractivity contribution < 1.29 is 4.79 Å². The molecule has 0 saturated heterocycles. The zero-order valence-corrected chi connectivity index (χ0v) is 7.19. The van der Waals surface area contributed by atoms with E-state index >= 15 is 0 Å². The molecule has 0 aliphatic rings. The summed E-state index contributed by atoms with van der Waals surface area (Å²) >= 11 is 11.9. The van der Waals surface area contributed by atoms with E-state index in [-0.39, 0.29) is 0 Å². The van der Waals surface area contributed by atoms with Gasteiger partial charge in [0.05, 0.1) is 4.36 Å². The van der Waals surface area contributed by atoms with Crippen LogP contribution in [-0.4, -0.2) is 11.0 Å². The first kappa shape index (κ1) is 9.34. The quantitative estimate of drug-likeness (QED) is 0.496. The van der Waals surface area contributed by atoms with Gasteiger partial charge < -0.3 is 0 Å². The van der Waals surface area contributed by atoms with Gasteiger partial charge in [0.25, 0.3) is 0 Å². The number of allylic oxidation sites excluding steroid dienone is 1. The Hall–Kier alpha value is 0.340. The Bertz CT molecular complexity index is 133. The molecule has 0 rings (SSSR count). The summed E-state index contributed by atoms with van der Waals surface area (Å²) in [6.07, 6.45) is 1.19. The Kier molecular flexibility index (Phi) is 5.35. The molecule has 0 unspecified atom stereocenters. The van der Waals surface area contributed by atoms with Crippen LogP contribution in [0.2, 0.25) is 0 Å². The van der Waals surface area contributed by atoms with Gasteiger partial charge in [-0.25, -0.2) is 0 Å². The van der Waals surface area contributed by atoms with Crippen molar-refractivity contribution in [2.75, 3.05) is 5.75 Å². The third kappa shape index (κ3) is 6.22. The summed E-state index contributed by atoms with van der Waals surface area (Å²) in [6, 6.07) is 0. The van der Waals surface area contributed by atoms with Crippen molar-refractivity contribution >= 4 is 40.2 Å². The average molecular weight is 185 g/mol. The minimum Gasteiger partial charge on any atom is -0.276 e. The largest absolute Gasteiger partial charge is 0.276 e. The minimum absolute atomic E-state index is 0.442. The lowest BCUT2D eigenvalue weighted by molar-refractivity contribution is -0.107. The highest BCUT2D eigenvalue weighted by molar-refractivity contribution is 8.04. The van der Waals surface area contributed by atoms with Crippen LogP contribution in [0.4, 0.5) is 0 Å². The molecule has 0 bridgehead atoms. The number of carbonyl (C=O) groups excluding carboxylic acids is 1. The van der Waals surface area contributed by atoms with Crippen LogP contribution in [0.15, 0.2) is 10.4 Å².